The van der Waals surface area contributed by atoms with Gasteiger partial charge in [0.25, 0.3) is 0 Å². The van der Waals surface area contributed by atoms with Crippen molar-refractivity contribution in [2.24, 2.45) is 0 Å². The van der Waals surface area contributed by atoms with Crippen LogP contribution in [0.5, 0.6) is 0 Å². The zero-order valence-corrected chi connectivity index (χ0v) is 16.0. The molecule has 0 saturated heterocycles. The molecule has 0 saturated carbocycles. The Bertz CT molecular complexity index is 1060. The fourth-order valence-electron chi connectivity index (χ4n) is 2.59. The number of fused-ring (bicyclic) bond motifs is 1. The van der Waals surface area contributed by atoms with Gasteiger partial charge in [0.15, 0.2) is 17.0 Å². The zero-order valence-electron chi connectivity index (χ0n) is 14.4. The first-order chi connectivity index (χ1) is 13.1. The van der Waals surface area contributed by atoms with Crippen molar-refractivity contribution >= 4 is 51.6 Å². The number of hydrogen-bond acceptors (Lipinski definition) is 7. The second-order valence-electron chi connectivity index (χ2n) is 6.03. The van der Waals surface area contributed by atoms with E-state index in [1.807, 2.05) is 45.7 Å². The molecule has 3 heterocycles. The predicted molar refractivity (Wildman–Crippen MR) is 109 cm³/mol. The summed E-state index contributed by atoms with van der Waals surface area (Å²) >= 11 is 7.69. The van der Waals surface area contributed by atoms with Crippen LogP contribution in [0.1, 0.15) is 6.92 Å². The van der Waals surface area contributed by atoms with E-state index in [1.54, 1.807) is 24.6 Å². The number of aliphatic hydroxyl groups excluding tert-OH is 1. The molecule has 138 valence electrons. The molecular weight excluding hydrogens is 384 g/mol. The van der Waals surface area contributed by atoms with Crippen molar-refractivity contribution in [3.8, 4) is 5.69 Å². The molecule has 0 aliphatic heterocycles. The molecule has 4 aromatic rings. The van der Waals surface area contributed by atoms with Crippen LogP contribution in [-0.2, 0) is 0 Å². The summed E-state index contributed by atoms with van der Waals surface area (Å²) in [4.78, 5) is 13.6. The summed E-state index contributed by atoms with van der Waals surface area (Å²) in [6.45, 7) is 2.04. The Morgan fingerprint density at radius 3 is 2.93 bits per heavy atom. The number of benzene rings is 1. The number of aromatic nitrogens is 4. The molecule has 0 bridgehead atoms. The summed E-state index contributed by atoms with van der Waals surface area (Å²) in [6.07, 6.45) is 1.21. The van der Waals surface area contributed by atoms with Gasteiger partial charge in [0.2, 0.25) is 5.95 Å². The molecule has 9 heteroatoms. The van der Waals surface area contributed by atoms with E-state index < -0.39 is 6.10 Å². The van der Waals surface area contributed by atoms with Gasteiger partial charge in [-0.25, -0.2) is 4.98 Å². The van der Waals surface area contributed by atoms with E-state index in [-0.39, 0.29) is 0 Å². The van der Waals surface area contributed by atoms with Gasteiger partial charge in [0.1, 0.15) is 6.33 Å². The fourth-order valence-corrected chi connectivity index (χ4v) is 3.41. The highest BCUT2D eigenvalue weighted by molar-refractivity contribution is 7.08. The minimum atomic E-state index is -0.518. The van der Waals surface area contributed by atoms with E-state index in [2.05, 4.69) is 25.6 Å². The highest BCUT2D eigenvalue weighted by Crippen LogP contribution is 2.27. The molecule has 0 aliphatic carbocycles. The maximum Gasteiger partial charge on any atom is 0.226 e. The first-order valence-electron chi connectivity index (χ1n) is 8.32. The molecule has 1 atom stereocenters. The van der Waals surface area contributed by atoms with Gasteiger partial charge in [0, 0.05) is 22.6 Å². The van der Waals surface area contributed by atoms with Gasteiger partial charge in [-0.15, -0.1) is 0 Å². The smallest absolute Gasteiger partial charge is 0.226 e. The maximum absolute atomic E-state index is 9.56. The molecular formula is C18H17ClN6OS. The van der Waals surface area contributed by atoms with Crippen LogP contribution in [0.2, 0.25) is 5.02 Å². The van der Waals surface area contributed by atoms with Gasteiger partial charge in [-0.2, -0.15) is 21.3 Å². The van der Waals surface area contributed by atoms with Crippen LogP contribution >= 0.6 is 22.9 Å². The van der Waals surface area contributed by atoms with Crippen LogP contribution in [0, 0.1) is 0 Å². The first kappa shape index (κ1) is 17.7. The summed E-state index contributed by atoms with van der Waals surface area (Å²) in [6, 6.07) is 9.39. The van der Waals surface area contributed by atoms with E-state index in [9.17, 15) is 5.11 Å². The largest absolute Gasteiger partial charge is 0.392 e. The third-order valence-corrected chi connectivity index (χ3v) is 4.73. The van der Waals surface area contributed by atoms with Gasteiger partial charge in [-0.3, -0.25) is 4.57 Å². The molecule has 1 unspecified atom stereocenters. The molecule has 0 radical (unpaired) electrons. The lowest BCUT2D eigenvalue weighted by molar-refractivity contribution is 0.208. The van der Waals surface area contributed by atoms with Crippen LogP contribution in [0.4, 0.5) is 17.5 Å². The van der Waals surface area contributed by atoms with E-state index in [0.717, 1.165) is 11.4 Å². The van der Waals surface area contributed by atoms with Crippen molar-refractivity contribution in [1.29, 1.82) is 0 Å². The second-order valence-corrected chi connectivity index (χ2v) is 7.25. The summed E-state index contributed by atoms with van der Waals surface area (Å²) < 4.78 is 1.91. The van der Waals surface area contributed by atoms with Gasteiger partial charge < -0.3 is 15.7 Å². The quantitative estimate of drug-likeness (QED) is 0.452. The minimum absolute atomic E-state index is 0.342. The Hall–Kier alpha value is -2.68. The second kappa shape index (κ2) is 7.51. The number of aliphatic hydroxyl groups is 1. The normalized spacial score (nSPS) is 12.3. The van der Waals surface area contributed by atoms with Crippen molar-refractivity contribution in [2.75, 3.05) is 17.2 Å². The topological polar surface area (TPSA) is 87.9 Å². The van der Waals surface area contributed by atoms with Crippen molar-refractivity contribution in [2.45, 2.75) is 13.0 Å². The molecule has 3 aromatic heterocycles. The Kier molecular flexibility index (Phi) is 4.93. The maximum atomic E-state index is 9.56. The third-order valence-electron chi connectivity index (χ3n) is 3.82. The van der Waals surface area contributed by atoms with Gasteiger partial charge in [-0.05, 0) is 36.6 Å². The van der Waals surface area contributed by atoms with E-state index >= 15 is 0 Å². The molecule has 27 heavy (non-hydrogen) atoms. The monoisotopic (exact) mass is 400 g/mol. The number of imidazole rings is 1. The first-order valence-corrected chi connectivity index (χ1v) is 9.64. The number of anilines is 3. The molecule has 3 N–H and O–H groups in total. The lowest BCUT2D eigenvalue weighted by atomic mass is 10.3. The predicted octanol–water partition coefficient (Wildman–Crippen LogP) is 4.07. The Morgan fingerprint density at radius 2 is 2.19 bits per heavy atom. The molecule has 0 spiro atoms. The summed E-state index contributed by atoms with van der Waals surface area (Å²) in [5.74, 6) is 0.967. The Balaban J connectivity index is 1.80. The lowest BCUT2D eigenvalue weighted by Crippen LogP contribution is -2.17. The van der Waals surface area contributed by atoms with E-state index in [0.29, 0.717) is 34.5 Å². The van der Waals surface area contributed by atoms with Crippen molar-refractivity contribution in [3.63, 3.8) is 0 Å². The molecule has 0 amide bonds. The molecule has 4 rings (SSSR count). The highest BCUT2D eigenvalue weighted by atomic mass is 35.5. The van der Waals surface area contributed by atoms with E-state index in [4.69, 9.17) is 11.6 Å². The van der Waals surface area contributed by atoms with Crippen molar-refractivity contribution in [3.05, 3.63) is 52.4 Å². The summed E-state index contributed by atoms with van der Waals surface area (Å²) in [5, 5.41) is 20.5. The van der Waals surface area contributed by atoms with Crippen LogP contribution in [0.15, 0.2) is 47.4 Å². The number of rotatable bonds is 6. The van der Waals surface area contributed by atoms with E-state index in [1.165, 1.54) is 0 Å². The van der Waals surface area contributed by atoms with Crippen LogP contribution in [-0.4, -0.2) is 37.3 Å². The average molecular weight is 401 g/mol. The molecule has 1 aromatic carbocycles. The van der Waals surface area contributed by atoms with Crippen LogP contribution < -0.4 is 10.6 Å². The van der Waals surface area contributed by atoms with Gasteiger partial charge in [-0.1, -0.05) is 17.7 Å². The Labute approximate surface area is 164 Å². The minimum Gasteiger partial charge on any atom is -0.392 e. The zero-order chi connectivity index (χ0) is 18.8. The van der Waals surface area contributed by atoms with Crippen molar-refractivity contribution < 1.29 is 5.11 Å². The van der Waals surface area contributed by atoms with Crippen molar-refractivity contribution in [1.82, 2.24) is 19.5 Å². The summed E-state index contributed by atoms with van der Waals surface area (Å²) in [5.41, 5.74) is 3.09. The van der Waals surface area contributed by atoms with Crippen LogP contribution in [0.25, 0.3) is 16.9 Å². The van der Waals surface area contributed by atoms with Gasteiger partial charge >= 0.3 is 0 Å². The molecule has 7 nitrogen and oxygen atoms in total. The van der Waals surface area contributed by atoms with Gasteiger partial charge in [0.05, 0.1) is 11.8 Å². The number of nitrogens with zero attached hydrogens (tertiary/aromatic N) is 4. The third kappa shape index (κ3) is 3.87. The van der Waals surface area contributed by atoms with Crippen LogP contribution in [0.3, 0.4) is 0 Å². The average Bonchev–Trinajstić information content (AvgIpc) is 3.29. The summed E-state index contributed by atoms with van der Waals surface area (Å²) in [7, 11) is 0. The SMILES string of the molecule is CC(O)CNc1nc(Nc2cccc(Cl)c2)c2ncn(-c3ccsc3)c2n1. The Morgan fingerprint density at radius 1 is 1.30 bits per heavy atom. The highest BCUT2D eigenvalue weighted by Gasteiger charge is 2.15. The number of thiophene rings is 1. The number of nitrogens with one attached hydrogen (secondary N) is 2. The molecule has 0 aliphatic rings. The molecule has 0 fully saturated rings. The standard InChI is InChI=1S/C18H17ClN6OS/c1-11(26)8-20-18-23-16(22-13-4-2-3-12(19)7-13)15-17(24-18)25(10-21-15)14-5-6-27-9-14/h2-7,9-11,26H,8H2,1H3,(H2,20,22,23,24). The number of halogens is 1. The lowest BCUT2D eigenvalue weighted by Gasteiger charge is -2.11. The fraction of sp³-hybridized carbons (Fsp3) is 0.167. The number of hydrogen-bond donors (Lipinski definition) is 3.